The number of methoxy groups -OCH3 is 1. The van der Waals surface area contributed by atoms with Gasteiger partial charge in [0, 0.05) is 31.9 Å². The van der Waals surface area contributed by atoms with Gasteiger partial charge in [-0.1, -0.05) is 18.2 Å². The molecule has 0 unspecified atom stereocenters. The van der Waals surface area contributed by atoms with Crippen LogP contribution in [0.1, 0.15) is 10.4 Å². The number of para-hydroxylation sites is 1. The molecule has 0 aromatic heterocycles. The Hall–Kier alpha value is -2.42. The molecule has 2 aromatic rings. The van der Waals surface area contributed by atoms with Crippen molar-refractivity contribution in [2.24, 2.45) is 0 Å². The van der Waals surface area contributed by atoms with E-state index in [-0.39, 0.29) is 10.8 Å². The van der Waals surface area contributed by atoms with Gasteiger partial charge in [0.25, 0.3) is 5.91 Å². The summed E-state index contributed by atoms with van der Waals surface area (Å²) in [5.74, 6) is 0.0952. The second-order valence-corrected chi connectivity index (χ2v) is 8.33. The van der Waals surface area contributed by atoms with Crippen LogP contribution in [0.15, 0.2) is 53.4 Å². The summed E-state index contributed by atoms with van der Waals surface area (Å²) < 4.78 is 32.4. The summed E-state index contributed by atoms with van der Waals surface area (Å²) in [4.78, 5) is 14.8. The molecule has 1 amide bonds. The van der Waals surface area contributed by atoms with Crippen molar-refractivity contribution < 1.29 is 17.9 Å². The average Bonchev–Trinajstić information content (AvgIpc) is 2.68. The molecule has 0 radical (unpaired) electrons. The molecule has 1 heterocycles. The molecule has 1 aliphatic rings. The van der Waals surface area contributed by atoms with E-state index in [1.807, 2.05) is 7.05 Å². The topological polar surface area (TPSA) is 78.9 Å². The number of carbonyl (C=O) groups excluding carboxylic acids is 1. The third-order valence-corrected chi connectivity index (χ3v) is 6.44. The van der Waals surface area contributed by atoms with E-state index in [0.717, 1.165) is 0 Å². The van der Waals surface area contributed by atoms with Crippen LogP contribution in [-0.2, 0) is 10.0 Å². The van der Waals surface area contributed by atoms with Gasteiger partial charge in [0.1, 0.15) is 5.75 Å². The van der Waals surface area contributed by atoms with Gasteiger partial charge >= 0.3 is 0 Å². The van der Waals surface area contributed by atoms with Gasteiger partial charge in [0.05, 0.1) is 17.6 Å². The number of nitrogens with one attached hydrogen (secondary N) is 1. The first-order valence-corrected chi connectivity index (χ1v) is 10.1. The molecule has 0 aliphatic carbocycles. The van der Waals surface area contributed by atoms with Crippen molar-refractivity contribution in [3.8, 4) is 5.75 Å². The number of amides is 1. The van der Waals surface area contributed by atoms with Crippen LogP contribution >= 0.6 is 0 Å². The predicted molar refractivity (Wildman–Crippen MR) is 104 cm³/mol. The van der Waals surface area contributed by atoms with Crippen LogP contribution in [0.25, 0.3) is 0 Å². The van der Waals surface area contributed by atoms with E-state index in [2.05, 4.69) is 10.2 Å². The van der Waals surface area contributed by atoms with Crippen LogP contribution in [0, 0.1) is 0 Å². The summed E-state index contributed by atoms with van der Waals surface area (Å²) in [6, 6.07) is 13.2. The zero-order valence-electron chi connectivity index (χ0n) is 15.4. The monoisotopic (exact) mass is 389 g/mol. The van der Waals surface area contributed by atoms with Crippen LogP contribution in [-0.4, -0.2) is 63.9 Å². The molecule has 1 aliphatic heterocycles. The number of rotatable bonds is 5. The minimum atomic E-state index is -3.59. The van der Waals surface area contributed by atoms with E-state index in [1.54, 1.807) is 42.5 Å². The molecule has 27 heavy (non-hydrogen) atoms. The lowest BCUT2D eigenvalue weighted by Gasteiger charge is -2.31. The molecule has 144 valence electrons. The van der Waals surface area contributed by atoms with Crippen LogP contribution in [0.2, 0.25) is 0 Å². The molecule has 0 atom stereocenters. The first-order valence-electron chi connectivity index (χ1n) is 8.65. The Morgan fingerprint density at radius 2 is 1.74 bits per heavy atom. The molecule has 0 spiro atoms. The Balaban J connectivity index is 1.80. The van der Waals surface area contributed by atoms with E-state index in [9.17, 15) is 13.2 Å². The number of ether oxygens (including phenoxy) is 1. The quantitative estimate of drug-likeness (QED) is 0.845. The SMILES string of the molecule is COc1ccccc1C(=O)Nc1cccc(S(=O)(=O)N2CCN(C)CC2)c1. The number of likely N-dealkylation sites (N-methyl/N-ethyl adjacent to an activating group) is 1. The Kier molecular flexibility index (Phi) is 5.79. The van der Waals surface area contributed by atoms with Gasteiger partial charge in [-0.05, 0) is 37.4 Å². The van der Waals surface area contributed by atoms with Crippen molar-refractivity contribution in [1.82, 2.24) is 9.21 Å². The number of benzene rings is 2. The molecule has 7 nitrogen and oxygen atoms in total. The molecule has 1 N–H and O–H groups in total. The van der Waals surface area contributed by atoms with E-state index in [1.165, 1.54) is 17.5 Å². The van der Waals surface area contributed by atoms with Gasteiger partial charge < -0.3 is 15.0 Å². The predicted octanol–water partition coefficient (Wildman–Crippen LogP) is 1.88. The number of piperazine rings is 1. The van der Waals surface area contributed by atoms with Gasteiger partial charge in [-0.3, -0.25) is 4.79 Å². The third kappa shape index (κ3) is 4.29. The van der Waals surface area contributed by atoms with Gasteiger partial charge in [-0.25, -0.2) is 8.42 Å². The minimum absolute atomic E-state index is 0.171. The molecule has 0 saturated carbocycles. The van der Waals surface area contributed by atoms with E-state index in [0.29, 0.717) is 43.2 Å². The number of nitrogens with zero attached hydrogens (tertiary/aromatic N) is 2. The van der Waals surface area contributed by atoms with Crippen molar-refractivity contribution in [2.45, 2.75) is 4.90 Å². The number of hydrogen-bond acceptors (Lipinski definition) is 5. The van der Waals surface area contributed by atoms with Crippen LogP contribution in [0.5, 0.6) is 5.75 Å². The number of anilines is 1. The zero-order chi connectivity index (χ0) is 19.4. The van der Waals surface area contributed by atoms with Crippen molar-refractivity contribution in [3.05, 3.63) is 54.1 Å². The lowest BCUT2D eigenvalue weighted by Crippen LogP contribution is -2.47. The first kappa shape index (κ1) is 19.3. The third-order valence-electron chi connectivity index (χ3n) is 4.54. The van der Waals surface area contributed by atoms with Crippen LogP contribution in [0.4, 0.5) is 5.69 Å². The maximum absolute atomic E-state index is 12.9. The van der Waals surface area contributed by atoms with E-state index >= 15 is 0 Å². The van der Waals surface area contributed by atoms with Crippen molar-refractivity contribution in [3.63, 3.8) is 0 Å². The fraction of sp³-hybridized carbons (Fsp3) is 0.316. The van der Waals surface area contributed by atoms with Gasteiger partial charge in [-0.2, -0.15) is 4.31 Å². The lowest BCUT2D eigenvalue weighted by molar-refractivity contribution is 0.102. The fourth-order valence-corrected chi connectivity index (χ4v) is 4.41. The molecular formula is C19H23N3O4S. The smallest absolute Gasteiger partial charge is 0.259 e. The lowest BCUT2D eigenvalue weighted by atomic mass is 10.2. The summed E-state index contributed by atoms with van der Waals surface area (Å²) in [5.41, 5.74) is 0.799. The first-order chi connectivity index (χ1) is 12.9. The highest BCUT2D eigenvalue weighted by Crippen LogP contribution is 2.23. The molecule has 2 aromatic carbocycles. The highest BCUT2D eigenvalue weighted by molar-refractivity contribution is 7.89. The van der Waals surface area contributed by atoms with Crippen molar-refractivity contribution in [1.29, 1.82) is 0 Å². The van der Waals surface area contributed by atoms with Crippen molar-refractivity contribution >= 4 is 21.6 Å². The Morgan fingerprint density at radius 3 is 2.44 bits per heavy atom. The molecule has 3 rings (SSSR count). The molecule has 1 saturated heterocycles. The molecular weight excluding hydrogens is 366 g/mol. The molecule has 8 heteroatoms. The van der Waals surface area contributed by atoms with E-state index < -0.39 is 10.0 Å². The Labute approximate surface area is 159 Å². The minimum Gasteiger partial charge on any atom is -0.496 e. The van der Waals surface area contributed by atoms with Crippen LogP contribution in [0.3, 0.4) is 0 Å². The molecule has 1 fully saturated rings. The summed E-state index contributed by atoms with van der Waals surface area (Å²) in [6.07, 6.45) is 0. The summed E-state index contributed by atoms with van der Waals surface area (Å²) in [6.45, 7) is 2.31. The van der Waals surface area contributed by atoms with E-state index in [4.69, 9.17) is 4.74 Å². The normalized spacial score (nSPS) is 16.1. The highest BCUT2D eigenvalue weighted by atomic mass is 32.2. The second kappa shape index (κ2) is 8.08. The maximum atomic E-state index is 12.9. The van der Waals surface area contributed by atoms with Gasteiger partial charge in [0.2, 0.25) is 10.0 Å². The largest absolute Gasteiger partial charge is 0.496 e. The number of sulfonamides is 1. The Morgan fingerprint density at radius 1 is 1.04 bits per heavy atom. The zero-order valence-corrected chi connectivity index (χ0v) is 16.2. The van der Waals surface area contributed by atoms with Gasteiger partial charge in [0.15, 0.2) is 0 Å². The molecule has 0 bridgehead atoms. The second-order valence-electron chi connectivity index (χ2n) is 6.39. The maximum Gasteiger partial charge on any atom is 0.259 e. The standard InChI is InChI=1S/C19H23N3O4S/c1-21-10-12-22(13-11-21)27(24,25)16-7-5-6-15(14-16)20-19(23)17-8-3-4-9-18(17)26-2/h3-9,14H,10-13H2,1-2H3,(H,20,23). The average molecular weight is 389 g/mol. The van der Waals surface area contributed by atoms with Crippen LogP contribution < -0.4 is 10.1 Å². The highest BCUT2D eigenvalue weighted by Gasteiger charge is 2.27. The summed E-state index contributed by atoms with van der Waals surface area (Å²) in [5, 5.41) is 2.75. The fourth-order valence-electron chi connectivity index (χ4n) is 2.94. The summed E-state index contributed by atoms with van der Waals surface area (Å²) >= 11 is 0. The number of carbonyl (C=O) groups is 1. The number of hydrogen-bond donors (Lipinski definition) is 1. The van der Waals surface area contributed by atoms with Gasteiger partial charge in [-0.15, -0.1) is 0 Å². The van der Waals surface area contributed by atoms with Crippen molar-refractivity contribution in [2.75, 3.05) is 45.7 Å². The summed E-state index contributed by atoms with van der Waals surface area (Å²) in [7, 11) is -0.125. The Bertz CT molecular complexity index is 922.